The van der Waals surface area contributed by atoms with Gasteiger partial charge >= 0.3 is 18.9 Å². The molecule has 0 aliphatic heterocycles. The van der Waals surface area contributed by atoms with Crippen molar-refractivity contribution < 1.29 is 20.3 Å². The Morgan fingerprint density at radius 3 is 2.33 bits per heavy atom. The summed E-state index contributed by atoms with van der Waals surface area (Å²) in [6, 6.07) is 2.02. The molecule has 30 valence electrons. The Morgan fingerprint density at radius 2 is 2.33 bits per heavy atom. The van der Waals surface area contributed by atoms with Crippen LogP contribution in [0.5, 0.6) is 0 Å². The predicted octanol–water partition coefficient (Wildman–Crippen LogP) is -1.57. The molecule has 0 spiro atoms. The molecular weight excluding hydrogens is 69.0 g/mol. The van der Waals surface area contributed by atoms with Gasteiger partial charge in [0.15, 0.2) is 0 Å². The first-order valence-electron chi connectivity index (χ1n) is 1.78. The first-order chi connectivity index (χ1) is 2.41. The van der Waals surface area contributed by atoms with Crippen LogP contribution in [0.3, 0.4) is 0 Å². The summed E-state index contributed by atoms with van der Waals surface area (Å²) in [5.41, 5.74) is 0. The van der Waals surface area contributed by atoms with Crippen LogP contribution in [-0.4, -0.2) is 0 Å². The minimum Gasteiger partial charge on any atom is -1.00 e. The SMILES string of the molecule is CCCC#N.[H-].[Li+]. The van der Waals surface area contributed by atoms with Gasteiger partial charge in [-0.05, 0) is 6.42 Å². The van der Waals surface area contributed by atoms with Crippen LogP contribution in [0.25, 0.3) is 0 Å². The third kappa shape index (κ3) is 8.94. The molecule has 0 aromatic rings. The van der Waals surface area contributed by atoms with E-state index in [1.165, 1.54) is 0 Å². The summed E-state index contributed by atoms with van der Waals surface area (Å²) in [5, 5.41) is 7.82. The van der Waals surface area contributed by atoms with Gasteiger partial charge in [-0.2, -0.15) is 5.26 Å². The van der Waals surface area contributed by atoms with Crippen molar-refractivity contribution in [3.05, 3.63) is 0 Å². The van der Waals surface area contributed by atoms with Gasteiger partial charge in [-0.1, -0.05) is 6.92 Å². The summed E-state index contributed by atoms with van der Waals surface area (Å²) in [5.74, 6) is 0. The normalized spacial score (nSPS) is 5.33. The molecule has 0 fully saturated rings. The number of hydrogen-bond donors (Lipinski definition) is 0. The Hall–Kier alpha value is 0.0874. The van der Waals surface area contributed by atoms with Crippen molar-refractivity contribution in [2.45, 2.75) is 19.8 Å². The van der Waals surface area contributed by atoms with Crippen molar-refractivity contribution in [3.8, 4) is 6.07 Å². The molecule has 0 aliphatic carbocycles. The van der Waals surface area contributed by atoms with Gasteiger partial charge in [0.25, 0.3) is 0 Å². The van der Waals surface area contributed by atoms with Gasteiger partial charge in [0.05, 0.1) is 6.07 Å². The Bertz CT molecular complexity index is 50.1. The Kier molecular flexibility index (Phi) is 14.0. The van der Waals surface area contributed by atoms with Crippen molar-refractivity contribution >= 4 is 0 Å². The van der Waals surface area contributed by atoms with Gasteiger partial charge in [0, 0.05) is 6.42 Å². The number of nitrogens with zero attached hydrogens (tertiary/aromatic N) is 1. The van der Waals surface area contributed by atoms with Crippen molar-refractivity contribution in [1.82, 2.24) is 0 Å². The monoisotopic (exact) mass is 77.1 g/mol. The van der Waals surface area contributed by atoms with Crippen LogP contribution in [0.2, 0.25) is 0 Å². The smallest absolute Gasteiger partial charge is 1.00 e. The molecule has 2 heteroatoms. The zero-order valence-electron chi connectivity index (χ0n) is 5.36. The molecule has 0 rings (SSSR count). The first kappa shape index (κ1) is 9.43. The summed E-state index contributed by atoms with van der Waals surface area (Å²) >= 11 is 0. The maximum atomic E-state index is 7.82. The Balaban J connectivity index is -0.0000000800. The van der Waals surface area contributed by atoms with Crippen LogP contribution in [0.4, 0.5) is 0 Å². The minimum absolute atomic E-state index is 0. The second kappa shape index (κ2) is 8.92. The van der Waals surface area contributed by atoms with Crippen molar-refractivity contribution in [2.24, 2.45) is 0 Å². The third-order valence-electron chi connectivity index (χ3n) is 0.362. The van der Waals surface area contributed by atoms with Crippen LogP contribution < -0.4 is 18.9 Å². The first-order valence-corrected chi connectivity index (χ1v) is 1.78. The Labute approximate surface area is 52.0 Å². The maximum Gasteiger partial charge on any atom is 1.00 e. The van der Waals surface area contributed by atoms with Crippen LogP contribution in [0, 0.1) is 11.3 Å². The van der Waals surface area contributed by atoms with E-state index < -0.39 is 0 Å². The molecule has 0 N–H and O–H groups in total. The molecule has 0 radical (unpaired) electrons. The number of nitriles is 1. The molecular formula is C4H8LiN. The third-order valence-corrected chi connectivity index (χ3v) is 0.362. The topological polar surface area (TPSA) is 23.8 Å². The second-order valence-electron chi connectivity index (χ2n) is 0.908. The van der Waals surface area contributed by atoms with Gasteiger partial charge in [0.2, 0.25) is 0 Å². The quantitative estimate of drug-likeness (QED) is 0.347. The average molecular weight is 77.1 g/mol. The fourth-order valence-electron chi connectivity index (χ4n) is 0.112. The zero-order valence-corrected chi connectivity index (χ0v) is 4.36. The summed E-state index contributed by atoms with van der Waals surface area (Å²) in [4.78, 5) is 0. The van der Waals surface area contributed by atoms with Gasteiger partial charge in [0.1, 0.15) is 0 Å². The van der Waals surface area contributed by atoms with E-state index in [1.807, 2.05) is 13.0 Å². The molecule has 0 saturated carbocycles. The van der Waals surface area contributed by atoms with Gasteiger partial charge < -0.3 is 1.43 Å². The zero-order chi connectivity index (χ0) is 4.12. The van der Waals surface area contributed by atoms with E-state index in [9.17, 15) is 0 Å². The van der Waals surface area contributed by atoms with E-state index in [1.54, 1.807) is 0 Å². The van der Waals surface area contributed by atoms with Crippen molar-refractivity contribution in [2.75, 3.05) is 0 Å². The van der Waals surface area contributed by atoms with Crippen molar-refractivity contribution in [3.63, 3.8) is 0 Å². The van der Waals surface area contributed by atoms with Gasteiger partial charge in [-0.3, -0.25) is 0 Å². The Morgan fingerprint density at radius 1 is 1.83 bits per heavy atom. The predicted molar refractivity (Wildman–Crippen MR) is 21.6 cm³/mol. The number of unbranched alkanes of at least 4 members (excludes halogenated alkanes) is 1. The van der Waals surface area contributed by atoms with Gasteiger partial charge in [-0.15, -0.1) is 0 Å². The molecule has 0 unspecified atom stereocenters. The van der Waals surface area contributed by atoms with Gasteiger partial charge in [-0.25, -0.2) is 0 Å². The molecule has 0 aliphatic rings. The van der Waals surface area contributed by atoms with E-state index in [-0.39, 0.29) is 20.3 Å². The molecule has 0 heterocycles. The molecule has 0 aromatic heterocycles. The molecule has 0 bridgehead atoms. The summed E-state index contributed by atoms with van der Waals surface area (Å²) in [7, 11) is 0. The molecule has 6 heavy (non-hydrogen) atoms. The average Bonchev–Trinajstić information content (AvgIpc) is 1.41. The number of rotatable bonds is 1. The summed E-state index contributed by atoms with van der Waals surface area (Å²) in [6.45, 7) is 1.99. The van der Waals surface area contributed by atoms with Crippen LogP contribution in [0.15, 0.2) is 0 Å². The fraction of sp³-hybridized carbons (Fsp3) is 0.750. The largest absolute Gasteiger partial charge is 1.00 e. The summed E-state index contributed by atoms with van der Waals surface area (Å²) in [6.07, 6.45) is 1.68. The van der Waals surface area contributed by atoms with E-state index in [2.05, 4.69) is 0 Å². The van der Waals surface area contributed by atoms with E-state index in [0.717, 1.165) is 6.42 Å². The van der Waals surface area contributed by atoms with E-state index in [0.29, 0.717) is 6.42 Å². The van der Waals surface area contributed by atoms with Crippen molar-refractivity contribution in [1.29, 1.82) is 5.26 Å². The minimum atomic E-state index is 0. The molecule has 0 aromatic carbocycles. The van der Waals surface area contributed by atoms with Crippen LogP contribution >= 0.6 is 0 Å². The molecule has 1 nitrogen and oxygen atoms in total. The molecule has 0 saturated heterocycles. The van der Waals surface area contributed by atoms with E-state index >= 15 is 0 Å². The summed E-state index contributed by atoms with van der Waals surface area (Å²) < 4.78 is 0. The second-order valence-corrected chi connectivity index (χ2v) is 0.908. The molecule has 0 amide bonds. The van der Waals surface area contributed by atoms with Crippen LogP contribution in [0.1, 0.15) is 21.2 Å². The standard InChI is InChI=1S/C4H7N.Li.H/c1-2-3-4-5;;/h2-3H2,1H3;;/q;+1;-1. The number of hydrogen-bond acceptors (Lipinski definition) is 1. The molecule has 0 atom stereocenters. The van der Waals surface area contributed by atoms with Crippen LogP contribution in [-0.2, 0) is 0 Å². The maximum absolute atomic E-state index is 7.82. The fourth-order valence-corrected chi connectivity index (χ4v) is 0.112. The van der Waals surface area contributed by atoms with E-state index in [4.69, 9.17) is 5.26 Å².